The number of halogens is 2. The average molecular weight is 752 g/mol. The van der Waals surface area contributed by atoms with Gasteiger partial charge in [0.15, 0.2) is 5.82 Å². The number of anilines is 1. The molecule has 3 aliphatic heterocycles. The van der Waals surface area contributed by atoms with Crippen molar-refractivity contribution in [1.29, 1.82) is 0 Å². The molecule has 0 unspecified atom stereocenters. The van der Waals surface area contributed by atoms with Crippen LogP contribution in [0.4, 0.5) is 24.1 Å². The van der Waals surface area contributed by atoms with Crippen LogP contribution in [0.3, 0.4) is 0 Å². The van der Waals surface area contributed by atoms with Crippen LogP contribution in [-0.2, 0) is 27.1 Å². The van der Waals surface area contributed by atoms with Gasteiger partial charge in [-0.15, -0.1) is 0 Å². The Morgan fingerprint density at radius 2 is 1.67 bits per heavy atom. The summed E-state index contributed by atoms with van der Waals surface area (Å²) in [5, 5.41) is 2.70. The monoisotopic (exact) mass is 751 g/mol. The minimum Gasteiger partial charge on any atom is -0.453 e. The first-order valence-electron chi connectivity index (χ1n) is 18.0. The molecule has 3 N–H and O–H groups in total. The molecule has 0 spiro atoms. The molecule has 14 nitrogen and oxygen atoms in total. The first kappa shape index (κ1) is 35.8. The van der Waals surface area contributed by atoms with Crippen LogP contribution in [0.2, 0.25) is 0 Å². The van der Waals surface area contributed by atoms with E-state index >= 15 is 0 Å². The van der Waals surface area contributed by atoms with Gasteiger partial charge in [0, 0.05) is 48.1 Å². The molecular weight excluding hydrogens is 712 g/mol. The normalized spacial score (nSPS) is 20.3. The van der Waals surface area contributed by atoms with Crippen molar-refractivity contribution >= 4 is 23.8 Å². The molecular formula is C39H39F2N9O5. The molecule has 2 aromatic carbocycles. The number of carbonyl (C=O) groups is 3. The molecule has 6 heterocycles. The van der Waals surface area contributed by atoms with E-state index in [2.05, 4.69) is 30.2 Å². The van der Waals surface area contributed by atoms with Crippen molar-refractivity contribution in [2.24, 2.45) is 0 Å². The second-order valence-electron chi connectivity index (χ2n) is 15.0. The highest BCUT2D eigenvalue weighted by molar-refractivity contribution is 6.02. The Labute approximate surface area is 314 Å². The van der Waals surface area contributed by atoms with Gasteiger partial charge in [-0.05, 0) is 44.7 Å². The molecule has 8 rings (SSSR count). The number of nitrogens with one attached hydrogen (secondary N) is 3. The molecule has 0 bridgehead atoms. The number of alkyl carbamates (subject to hydrolysis) is 1. The van der Waals surface area contributed by atoms with E-state index in [9.17, 15) is 23.2 Å². The molecule has 3 amide bonds. The quantitative estimate of drug-likeness (QED) is 0.174. The van der Waals surface area contributed by atoms with Crippen LogP contribution < -0.4 is 10.2 Å². The van der Waals surface area contributed by atoms with Gasteiger partial charge >= 0.3 is 12.2 Å². The number of hydrogen-bond acceptors (Lipinski definition) is 9. The number of para-hydroxylation sites is 1. The fourth-order valence-corrected chi connectivity index (χ4v) is 7.47. The zero-order valence-electron chi connectivity index (χ0n) is 30.6. The minimum atomic E-state index is -3.08. The van der Waals surface area contributed by atoms with Crippen molar-refractivity contribution in [2.45, 2.75) is 76.1 Å². The van der Waals surface area contributed by atoms with E-state index in [0.29, 0.717) is 47.9 Å². The van der Waals surface area contributed by atoms with Crippen molar-refractivity contribution in [3.8, 4) is 33.9 Å². The fraction of sp³-hybridized carbons (Fsp3) is 0.359. The molecule has 5 aromatic rings. The molecule has 55 heavy (non-hydrogen) atoms. The SMILES string of the molecule is COC(=O)N[C@H]1CCc2cccc3c2N(C1=O)[C@H](c1nc(-c2ccc(-c4ncc(-c5cnc([C@@H]6CC(F)(F)CN6C(=O)OC(C)(C)C)[nH]5)cn4)cc2)c[nH]1)C3. The second kappa shape index (κ2) is 13.6. The summed E-state index contributed by atoms with van der Waals surface area (Å²) in [5.74, 6) is -1.96. The number of nitrogens with zero attached hydrogens (tertiary/aromatic N) is 6. The van der Waals surface area contributed by atoms with Gasteiger partial charge in [0.05, 0.1) is 49.0 Å². The van der Waals surface area contributed by atoms with Gasteiger partial charge < -0.3 is 24.8 Å². The molecule has 3 atom stereocenters. The smallest absolute Gasteiger partial charge is 0.411 e. The number of carbonyl (C=O) groups excluding carboxylic acids is 3. The lowest BCUT2D eigenvalue weighted by atomic mass is 10.0. The van der Waals surface area contributed by atoms with E-state index in [0.717, 1.165) is 32.8 Å². The van der Waals surface area contributed by atoms with Gasteiger partial charge in [0.25, 0.3) is 5.92 Å². The number of methoxy groups -OCH3 is 1. The first-order chi connectivity index (χ1) is 26.3. The number of H-pyrrole nitrogens is 2. The lowest BCUT2D eigenvalue weighted by Gasteiger charge is -2.27. The number of ether oxygens (including phenoxy) is 2. The molecule has 16 heteroatoms. The Bertz CT molecular complexity index is 2270. The number of imidazole rings is 2. The Morgan fingerprint density at radius 1 is 0.945 bits per heavy atom. The third kappa shape index (κ3) is 6.99. The Balaban J connectivity index is 0.968. The standard InChI is InChI=1S/C39H39F2N9O5/c1-38(2,3)55-37(53)49-20-39(40,41)15-30(49)34-45-19-28(47-34)25-16-42-32(43-17-25)23-10-8-21(9-11-23)27-18-44-33(46-27)29-14-24-7-5-6-22-12-13-26(48-36(52)54-4)35(51)50(29)31(22)24/h5-11,16-19,26,29-30H,12-15,20H2,1-4H3,(H,44,46)(H,45,47)(H,48,52)/t26-,29-,30-/m0/s1. The Morgan fingerprint density at radius 3 is 2.40 bits per heavy atom. The summed E-state index contributed by atoms with van der Waals surface area (Å²) in [4.78, 5) is 66.1. The van der Waals surface area contributed by atoms with Crippen molar-refractivity contribution in [3.05, 3.63) is 90.0 Å². The number of benzene rings is 2. The molecule has 0 aliphatic carbocycles. The van der Waals surface area contributed by atoms with E-state index in [1.54, 1.807) is 38.1 Å². The van der Waals surface area contributed by atoms with Crippen molar-refractivity contribution in [3.63, 3.8) is 0 Å². The number of alkyl halides is 2. The van der Waals surface area contributed by atoms with Crippen molar-refractivity contribution in [1.82, 2.24) is 40.1 Å². The maximum absolute atomic E-state index is 14.5. The van der Waals surface area contributed by atoms with E-state index in [1.165, 1.54) is 13.3 Å². The van der Waals surface area contributed by atoms with Crippen molar-refractivity contribution in [2.75, 3.05) is 18.6 Å². The molecule has 0 radical (unpaired) electrons. The molecule has 284 valence electrons. The summed E-state index contributed by atoms with van der Waals surface area (Å²) >= 11 is 0. The van der Waals surface area contributed by atoms with Crippen LogP contribution in [0.1, 0.15) is 68.5 Å². The predicted octanol–water partition coefficient (Wildman–Crippen LogP) is 6.54. The van der Waals surface area contributed by atoms with Gasteiger partial charge in [-0.2, -0.15) is 0 Å². The highest BCUT2D eigenvalue weighted by Gasteiger charge is 2.50. The highest BCUT2D eigenvalue weighted by Crippen LogP contribution is 2.45. The molecule has 1 fully saturated rings. The van der Waals surface area contributed by atoms with Crippen LogP contribution >= 0.6 is 0 Å². The number of aryl methyl sites for hydroxylation is 1. The number of likely N-dealkylation sites (tertiary alicyclic amines) is 1. The molecule has 3 aliphatic rings. The van der Waals surface area contributed by atoms with Gasteiger partial charge in [-0.3, -0.25) is 14.6 Å². The van der Waals surface area contributed by atoms with E-state index in [4.69, 9.17) is 14.5 Å². The minimum absolute atomic E-state index is 0.205. The average Bonchev–Trinajstić information content (AvgIpc) is 3.96. The number of amides is 3. The fourth-order valence-electron chi connectivity index (χ4n) is 7.47. The topological polar surface area (TPSA) is 171 Å². The number of hydrogen-bond donors (Lipinski definition) is 3. The van der Waals surface area contributed by atoms with Gasteiger partial charge in [-0.1, -0.05) is 42.5 Å². The molecule has 0 saturated carbocycles. The summed E-state index contributed by atoms with van der Waals surface area (Å²) in [7, 11) is 1.28. The molecule has 1 saturated heterocycles. The number of aromatic amines is 2. The Kier molecular flexibility index (Phi) is 8.85. The summed E-state index contributed by atoms with van der Waals surface area (Å²) in [6, 6.07) is 11.6. The van der Waals surface area contributed by atoms with Gasteiger partial charge in [0.2, 0.25) is 5.91 Å². The van der Waals surface area contributed by atoms with Gasteiger partial charge in [0.1, 0.15) is 23.3 Å². The summed E-state index contributed by atoms with van der Waals surface area (Å²) in [5.41, 5.74) is 5.56. The van der Waals surface area contributed by atoms with Crippen LogP contribution in [-0.4, -0.2) is 84.1 Å². The zero-order chi connectivity index (χ0) is 38.6. The summed E-state index contributed by atoms with van der Waals surface area (Å²) in [6.45, 7) is 4.29. The predicted molar refractivity (Wildman–Crippen MR) is 196 cm³/mol. The number of rotatable bonds is 6. The van der Waals surface area contributed by atoms with Crippen LogP contribution in [0.25, 0.3) is 33.9 Å². The highest BCUT2D eigenvalue weighted by atomic mass is 19.3. The van der Waals surface area contributed by atoms with Crippen LogP contribution in [0.5, 0.6) is 0 Å². The van der Waals surface area contributed by atoms with Crippen molar-refractivity contribution < 1.29 is 32.6 Å². The van der Waals surface area contributed by atoms with E-state index < -0.39 is 48.8 Å². The first-order valence-corrected chi connectivity index (χ1v) is 18.0. The lowest BCUT2D eigenvalue weighted by molar-refractivity contribution is -0.121. The Hall–Kier alpha value is -6.19. The van der Waals surface area contributed by atoms with E-state index in [-0.39, 0.29) is 17.8 Å². The summed E-state index contributed by atoms with van der Waals surface area (Å²) < 4.78 is 39.1. The second-order valence-corrected chi connectivity index (χ2v) is 15.0. The maximum Gasteiger partial charge on any atom is 0.411 e. The lowest BCUT2D eigenvalue weighted by Crippen LogP contribution is -2.48. The third-order valence-corrected chi connectivity index (χ3v) is 10.0. The molecule has 3 aromatic heterocycles. The van der Waals surface area contributed by atoms with E-state index in [1.807, 2.05) is 48.7 Å². The van der Waals surface area contributed by atoms with Crippen LogP contribution in [0.15, 0.2) is 67.3 Å². The maximum atomic E-state index is 14.5. The number of aromatic nitrogens is 6. The van der Waals surface area contributed by atoms with Crippen LogP contribution in [0, 0.1) is 0 Å². The summed E-state index contributed by atoms with van der Waals surface area (Å²) in [6.07, 6.45) is 6.18. The zero-order valence-corrected chi connectivity index (χ0v) is 30.6. The van der Waals surface area contributed by atoms with Gasteiger partial charge in [-0.25, -0.2) is 38.3 Å². The largest absolute Gasteiger partial charge is 0.453 e. The third-order valence-electron chi connectivity index (χ3n) is 10.0.